The minimum atomic E-state index is 0.130. The molecule has 1 aliphatic rings. The molecule has 1 fully saturated rings. The lowest BCUT2D eigenvalue weighted by Gasteiger charge is -2.13. The molecular weight excluding hydrogens is 204 g/mol. The third-order valence-electron chi connectivity index (χ3n) is 2.61. The highest BCUT2D eigenvalue weighted by Gasteiger charge is 2.20. The van der Waals surface area contributed by atoms with Gasteiger partial charge in [0.25, 0.3) is 0 Å². The molecule has 0 atom stereocenters. The van der Waals surface area contributed by atoms with Crippen molar-refractivity contribution < 1.29 is 4.79 Å². The van der Waals surface area contributed by atoms with Gasteiger partial charge in [-0.05, 0) is 18.8 Å². The van der Waals surface area contributed by atoms with Crippen LogP contribution in [0.4, 0.5) is 0 Å². The van der Waals surface area contributed by atoms with E-state index >= 15 is 0 Å². The zero-order valence-electron chi connectivity index (χ0n) is 10.4. The van der Waals surface area contributed by atoms with Gasteiger partial charge in [0.15, 0.2) is 5.96 Å². The van der Waals surface area contributed by atoms with Crippen molar-refractivity contribution in [3.63, 3.8) is 0 Å². The Morgan fingerprint density at radius 1 is 1.38 bits per heavy atom. The molecule has 0 saturated heterocycles. The molecule has 0 aliphatic heterocycles. The van der Waals surface area contributed by atoms with Crippen molar-refractivity contribution in [2.75, 3.05) is 34.2 Å². The zero-order valence-corrected chi connectivity index (χ0v) is 10.4. The number of carbonyl (C=O) groups excluding carboxylic acids is 1. The van der Waals surface area contributed by atoms with E-state index in [1.807, 2.05) is 0 Å². The van der Waals surface area contributed by atoms with Crippen LogP contribution in [0.2, 0.25) is 0 Å². The Morgan fingerprint density at radius 3 is 2.56 bits per heavy atom. The molecule has 0 unspecified atom stereocenters. The van der Waals surface area contributed by atoms with Gasteiger partial charge in [-0.1, -0.05) is 0 Å². The molecule has 0 aromatic rings. The van der Waals surface area contributed by atoms with E-state index in [2.05, 4.69) is 15.6 Å². The molecule has 5 heteroatoms. The molecule has 2 N–H and O–H groups in total. The monoisotopic (exact) mass is 226 g/mol. The first-order valence-electron chi connectivity index (χ1n) is 5.78. The second kappa shape index (κ2) is 6.35. The van der Waals surface area contributed by atoms with Crippen LogP contribution in [0.3, 0.4) is 0 Å². The van der Waals surface area contributed by atoms with Gasteiger partial charge in [0, 0.05) is 40.7 Å². The molecule has 0 heterocycles. The van der Waals surface area contributed by atoms with E-state index < -0.39 is 0 Å². The maximum Gasteiger partial charge on any atom is 0.223 e. The summed E-state index contributed by atoms with van der Waals surface area (Å²) in [6.07, 6.45) is 3.14. The Labute approximate surface area is 97.3 Å². The highest BCUT2D eigenvalue weighted by Crippen LogP contribution is 2.27. The van der Waals surface area contributed by atoms with Crippen LogP contribution in [-0.4, -0.2) is 51.0 Å². The summed E-state index contributed by atoms with van der Waals surface area (Å²) in [5.74, 6) is 1.74. The van der Waals surface area contributed by atoms with Crippen molar-refractivity contribution in [3.05, 3.63) is 0 Å². The highest BCUT2D eigenvalue weighted by atomic mass is 16.2. The minimum Gasteiger partial charge on any atom is -0.356 e. The summed E-state index contributed by atoms with van der Waals surface area (Å²) in [4.78, 5) is 17.0. The predicted octanol–water partition coefficient (Wildman–Crippen LogP) is 0.0397. The summed E-state index contributed by atoms with van der Waals surface area (Å²) in [5, 5.41) is 6.38. The van der Waals surface area contributed by atoms with Crippen molar-refractivity contribution in [2.45, 2.75) is 19.3 Å². The number of carbonyl (C=O) groups is 1. The van der Waals surface area contributed by atoms with Crippen LogP contribution in [0.25, 0.3) is 0 Å². The highest BCUT2D eigenvalue weighted by molar-refractivity contribution is 5.81. The van der Waals surface area contributed by atoms with Crippen LogP contribution in [0, 0.1) is 5.92 Å². The smallest absolute Gasteiger partial charge is 0.223 e. The van der Waals surface area contributed by atoms with E-state index in [1.165, 1.54) is 12.8 Å². The summed E-state index contributed by atoms with van der Waals surface area (Å²) >= 11 is 0. The molecule has 1 saturated carbocycles. The summed E-state index contributed by atoms with van der Waals surface area (Å²) in [7, 11) is 5.28. The molecule has 0 radical (unpaired) electrons. The van der Waals surface area contributed by atoms with Gasteiger partial charge in [-0.3, -0.25) is 9.79 Å². The van der Waals surface area contributed by atoms with Gasteiger partial charge in [0.05, 0.1) is 0 Å². The number of rotatable bonds is 5. The molecule has 0 aromatic heterocycles. The SMILES string of the molecule is CN=C(NCCC(=O)N(C)C)NCC1CC1. The predicted molar refractivity (Wildman–Crippen MR) is 65.4 cm³/mol. The number of hydrogen-bond acceptors (Lipinski definition) is 2. The quantitative estimate of drug-likeness (QED) is 0.514. The Morgan fingerprint density at radius 2 is 2.06 bits per heavy atom. The average Bonchev–Trinajstić information content (AvgIpc) is 3.06. The van der Waals surface area contributed by atoms with E-state index in [0.29, 0.717) is 13.0 Å². The van der Waals surface area contributed by atoms with Crippen LogP contribution in [0.1, 0.15) is 19.3 Å². The molecule has 5 nitrogen and oxygen atoms in total. The van der Waals surface area contributed by atoms with Gasteiger partial charge < -0.3 is 15.5 Å². The fourth-order valence-corrected chi connectivity index (χ4v) is 1.30. The van der Waals surface area contributed by atoms with Crippen molar-refractivity contribution in [1.82, 2.24) is 15.5 Å². The lowest BCUT2D eigenvalue weighted by molar-refractivity contribution is -0.128. The van der Waals surface area contributed by atoms with Crippen LogP contribution in [0.5, 0.6) is 0 Å². The number of hydrogen-bond donors (Lipinski definition) is 2. The number of aliphatic imine (C=N–C) groups is 1. The molecule has 0 bridgehead atoms. The Kier molecular flexibility index (Phi) is 5.08. The van der Waals surface area contributed by atoms with E-state index in [1.54, 1.807) is 26.0 Å². The van der Waals surface area contributed by atoms with Gasteiger partial charge in [-0.2, -0.15) is 0 Å². The van der Waals surface area contributed by atoms with Gasteiger partial charge in [-0.25, -0.2) is 0 Å². The van der Waals surface area contributed by atoms with E-state index in [9.17, 15) is 4.79 Å². The first kappa shape index (κ1) is 12.8. The molecule has 1 amide bonds. The fraction of sp³-hybridized carbons (Fsp3) is 0.818. The lowest BCUT2D eigenvalue weighted by Crippen LogP contribution is -2.40. The largest absolute Gasteiger partial charge is 0.356 e. The minimum absolute atomic E-state index is 0.130. The first-order valence-corrected chi connectivity index (χ1v) is 5.78. The molecule has 16 heavy (non-hydrogen) atoms. The van der Waals surface area contributed by atoms with Crippen molar-refractivity contribution >= 4 is 11.9 Å². The van der Waals surface area contributed by atoms with E-state index in [0.717, 1.165) is 18.4 Å². The normalized spacial score (nSPS) is 15.8. The first-order chi connectivity index (χ1) is 7.63. The van der Waals surface area contributed by atoms with Crippen LogP contribution >= 0.6 is 0 Å². The number of amides is 1. The second-order valence-corrected chi connectivity index (χ2v) is 4.36. The molecule has 0 spiro atoms. The van der Waals surface area contributed by atoms with Gasteiger partial charge >= 0.3 is 0 Å². The summed E-state index contributed by atoms with van der Waals surface area (Å²) < 4.78 is 0. The molecule has 1 aliphatic carbocycles. The average molecular weight is 226 g/mol. The zero-order chi connectivity index (χ0) is 12.0. The fourth-order valence-electron chi connectivity index (χ4n) is 1.30. The topological polar surface area (TPSA) is 56.7 Å². The Hall–Kier alpha value is -1.26. The molecule has 92 valence electrons. The molecule has 0 aromatic carbocycles. The van der Waals surface area contributed by atoms with Crippen LogP contribution in [0.15, 0.2) is 4.99 Å². The van der Waals surface area contributed by atoms with E-state index in [-0.39, 0.29) is 5.91 Å². The summed E-state index contributed by atoms with van der Waals surface area (Å²) in [6.45, 7) is 1.61. The van der Waals surface area contributed by atoms with Gasteiger partial charge in [0.2, 0.25) is 5.91 Å². The van der Waals surface area contributed by atoms with Gasteiger partial charge in [-0.15, -0.1) is 0 Å². The maximum atomic E-state index is 11.3. The molecular formula is C11H22N4O. The van der Waals surface area contributed by atoms with Crippen molar-refractivity contribution in [3.8, 4) is 0 Å². The van der Waals surface area contributed by atoms with Crippen LogP contribution < -0.4 is 10.6 Å². The summed E-state index contributed by atoms with van der Waals surface area (Å²) in [6, 6.07) is 0. The Bertz CT molecular complexity index is 259. The summed E-state index contributed by atoms with van der Waals surface area (Å²) in [5.41, 5.74) is 0. The number of nitrogens with zero attached hydrogens (tertiary/aromatic N) is 2. The standard InChI is InChI=1S/C11H22N4O/c1-12-11(14-8-9-4-5-9)13-7-6-10(16)15(2)3/h9H,4-8H2,1-3H3,(H2,12,13,14). The number of nitrogens with one attached hydrogen (secondary N) is 2. The molecule has 1 rings (SSSR count). The third-order valence-corrected chi connectivity index (χ3v) is 2.61. The van der Waals surface area contributed by atoms with Crippen LogP contribution in [-0.2, 0) is 4.79 Å². The number of guanidine groups is 1. The second-order valence-electron chi connectivity index (χ2n) is 4.36. The van der Waals surface area contributed by atoms with Crippen molar-refractivity contribution in [2.24, 2.45) is 10.9 Å². The lowest BCUT2D eigenvalue weighted by atomic mass is 10.4. The van der Waals surface area contributed by atoms with Crippen molar-refractivity contribution in [1.29, 1.82) is 0 Å². The van der Waals surface area contributed by atoms with E-state index in [4.69, 9.17) is 0 Å². The third kappa shape index (κ3) is 5.00. The Balaban J connectivity index is 2.10. The maximum absolute atomic E-state index is 11.3. The van der Waals surface area contributed by atoms with Gasteiger partial charge in [0.1, 0.15) is 0 Å².